The lowest BCUT2D eigenvalue weighted by Gasteiger charge is -2.25. The van der Waals surface area contributed by atoms with E-state index < -0.39 is 0 Å². The second kappa shape index (κ2) is 3.36. The fraction of sp³-hybridized carbons (Fsp3) is 0.455. The Hall–Kier alpha value is -1.05. The highest BCUT2D eigenvalue weighted by Crippen LogP contribution is 2.33. The average Bonchev–Trinajstić information content (AvgIpc) is 2.17. The maximum atomic E-state index is 13.0. The number of halogens is 1. The van der Waals surface area contributed by atoms with Crippen molar-refractivity contribution in [2.24, 2.45) is 0 Å². The summed E-state index contributed by atoms with van der Waals surface area (Å²) in [5, 5.41) is 3.29. The minimum absolute atomic E-state index is 0.124. The van der Waals surface area contributed by atoms with Gasteiger partial charge in [-0.2, -0.15) is 0 Å². The van der Waals surface area contributed by atoms with Crippen LogP contribution in [0.15, 0.2) is 18.2 Å². The van der Waals surface area contributed by atoms with Crippen LogP contribution in [0.4, 0.5) is 10.1 Å². The van der Waals surface area contributed by atoms with Gasteiger partial charge in [0, 0.05) is 12.2 Å². The fourth-order valence-electron chi connectivity index (χ4n) is 1.99. The first-order valence-corrected chi connectivity index (χ1v) is 4.84. The van der Waals surface area contributed by atoms with Gasteiger partial charge in [0.2, 0.25) is 0 Å². The van der Waals surface area contributed by atoms with Gasteiger partial charge in [0.25, 0.3) is 0 Å². The van der Waals surface area contributed by atoms with Crippen molar-refractivity contribution in [2.45, 2.75) is 25.7 Å². The zero-order chi connectivity index (χ0) is 9.26. The standard InChI is InChI=1S/C11H14FN/c1-2-8-5-6-13-11-4-3-9(12)7-10(8)11/h3-4,7-8,13H,2,5-6H2,1H3. The summed E-state index contributed by atoms with van der Waals surface area (Å²) in [4.78, 5) is 0. The molecule has 70 valence electrons. The number of rotatable bonds is 1. The molecule has 1 aliphatic rings. The van der Waals surface area contributed by atoms with Crippen molar-refractivity contribution in [1.29, 1.82) is 0 Å². The van der Waals surface area contributed by atoms with Crippen molar-refractivity contribution in [2.75, 3.05) is 11.9 Å². The van der Waals surface area contributed by atoms with Crippen LogP contribution in [-0.2, 0) is 0 Å². The van der Waals surface area contributed by atoms with Gasteiger partial charge >= 0.3 is 0 Å². The van der Waals surface area contributed by atoms with E-state index in [9.17, 15) is 4.39 Å². The van der Waals surface area contributed by atoms with Crippen molar-refractivity contribution in [1.82, 2.24) is 0 Å². The lowest BCUT2D eigenvalue weighted by atomic mass is 9.89. The first-order chi connectivity index (χ1) is 6.31. The van der Waals surface area contributed by atoms with Crippen LogP contribution in [0.25, 0.3) is 0 Å². The summed E-state index contributed by atoms with van der Waals surface area (Å²) >= 11 is 0. The zero-order valence-electron chi connectivity index (χ0n) is 7.81. The van der Waals surface area contributed by atoms with E-state index in [-0.39, 0.29) is 5.82 Å². The van der Waals surface area contributed by atoms with Crippen molar-refractivity contribution in [3.05, 3.63) is 29.6 Å². The Kier molecular flexibility index (Phi) is 2.21. The molecule has 1 atom stereocenters. The van der Waals surface area contributed by atoms with Crippen molar-refractivity contribution < 1.29 is 4.39 Å². The molecule has 1 aromatic rings. The summed E-state index contributed by atoms with van der Waals surface area (Å²) < 4.78 is 13.0. The molecule has 0 amide bonds. The normalized spacial score (nSPS) is 20.6. The molecule has 0 bridgehead atoms. The Morgan fingerprint density at radius 1 is 1.54 bits per heavy atom. The predicted molar refractivity (Wildman–Crippen MR) is 52.5 cm³/mol. The van der Waals surface area contributed by atoms with Crippen LogP contribution in [0.3, 0.4) is 0 Å². The van der Waals surface area contributed by atoms with Gasteiger partial charge in [-0.3, -0.25) is 0 Å². The largest absolute Gasteiger partial charge is 0.385 e. The van der Waals surface area contributed by atoms with E-state index >= 15 is 0 Å². The van der Waals surface area contributed by atoms with Crippen LogP contribution in [0.2, 0.25) is 0 Å². The number of benzene rings is 1. The summed E-state index contributed by atoms with van der Waals surface area (Å²) in [6.45, 7) is 3.17. The first kappa shape index (κ1) is 8.54. The second-order valence-corrected chi connectivity index (χ2v) is 3.55. The van der Waals surface area contributed by atoms with Crippen molar-refractivity contribution in [3.8, 4) is 0 Å². The van der Waals surface area contributed by atoms with Crippen LogP contribution in [0.5, 0.6) is 0 Å². The van der Waals surface area contributed by atoms with Gasteiger partial charge in [0.05, 0.1) is 0 Å². The average molecular weight is 179 g/mol. The molecule has 1 unspecified atom stereocenters. The van der Waals surface area contributed by atoms with Crippen LogP contribution >= 0.6 is 0 Å². The van der Waals surface area contributed by atoms with E-state index in [0.717, 1.165) is 30.6 Å². The Morgan fingerprint density at radius 2 is 2.38 bits per heavy atom. The highest BCUT2D eigenvalue weighted by Gasteiger charge is 2.18. The number of nitrogens with one attached hydrogen (secondary N) is 1. The van der Waals surface area contributed by atoms with E-state index in [1.54, 1.807) is 6.07 Å². The SMILES string of the molecule is CCC1CCNc2ccc(F)cc21. The van der Waals surface area contributed by atoms with Gasteiger partial charge in [-0.15, -0.1) is 0 Å². The molecule has 2 rings (SSSR count). The summed E-state index contributed by atoms with van der Waals surface area (Å²) in [6, 6.07) is 5.02. The van der Waals surface area contributed by atoms with E-state index in [1.807, 2.05) is 6.07 Å². The van der Waals surface area contributed by atoms with Crippen LogP contribution in [0, 0.1) is 5.82 Å². The molecule has 1 aromatic carbocycles. The summed E-state index contributed by atoms with van der Waals surface area (Å²) in [6.07, 6.45) is 2.21. The Labute approximate surface area is 78.0 Å². The van der Waals surface area contributed by atoms with Gasteiger partial charge in [-0.05, 0) is 42.5 Å². The molecular weight excluding hydrogens is 165 g/mol. The third-order valence-corrected chi connectivity index (χ3v) is 2.75. The number of hydrogen-bond donors (Lipinski definition) is 1. The molecule has 0 fully saturated rings. The summed E-state index contributed by atoms with van der Waals surface area (Å²) in [5.41, 5.74) is 2.26. The summed E-state index contributed by atoms with van der Waals surface area (Å²) in [7, 11) is 0. The van der Waals surface area contributed by atoms with Gasteiger partial charge < -0.3 is 5.32 Å². The zero-order valence-corrected chi connectivity index (χ0v) is 7.81. The molecule has 0 radical (unpaired) electrons. The molecule has 0 spiro atoms. The maximum absolute atomic E-state index is 13.0. The third kappa shape index (κ3) is 1.53. The predicted octanol–water partition coefficient (Wildman–Crippen LogP) is 3.13. The highest BCUT2D eigenvalue weighted by molar-refractivity contribution is 5.54. The monoisotopic (exact) mass is 179 g/mol. The molecule has 1 aliphatic heterocycles. The lowest BCUT2D eigenvalue weighted by Crippen LogP contribution is -2.16. The third-order valence-electron chi connectivity index (χ3n) is 2.75. The number of anilines is 1. The maximum Gasteiger partial charge on any atom is 0.123 e. The number of fused-ring (bicyclic) bond motifs is 1. The van der Waals surface area contributed by atoms with E-state index in [4.69, 9.17) is 0 Å². The van der Waals surface area contributed by atoms with Crippen LogP contribution in [-0.4, -0.2) is 6.54 Å². The smallest absolute Gasteiger partial charge is 0.123 e. The van der Waals surface area contributed by atoms with E-state index in [0.29, 0.717) is 5.92 Å². The lowest BCUT2D eigenvalue weighted by molar-refractivity contribution is 0.587. The molecule has 1 heterocycles. The first-order valence-electron chi connectivity index (χ1n) is 4.84. The van der Waals surface area contributed by atoms with Gasteiger partial charge in [0.1, 0.15) is 5.82 Å². The second-order valence-electron chi connectivity index (χ2n) is 3.55. The van der Waals surface area contributed by atoms with Gasteiger partial charge in [0.15, 0.2) is 0 Å². The molecule has 0 saturated heterocycles. The molecule has 0 aromatic heterocycles. The van der Waals surface area contributed by atoms with E-state index in [2.05, 4.69) is 12.2 Å². The highest BCUT2D eigenvalue weighted by atomic mass is 19.1. The Balaban J connectivity index is 2.41. The van der Waals surface area contributed by atoms with Crippen molar-refractivity contribution >= 4 is 5.69 Å². The van der Waals surface area contributed by atoms with Crippen LogP contribution < -0.4 is 5.32 Å². The van der Waals surface area contributed by atoms with Crippen LogP contribution in [0.1, 0.15) is 31.2 Å². The Bertz CT molecular complexity index is 309. The quantitative estimate of drug-likeness (QED) is 0.698. The van der Waals surface area contributed by atoms with Gasteiger partial charge in [-0.25, -0.2) is 4.39 Å². The molecule has 1 N–H and O–H groups in total. The van der Waals surface area contributed by atoms with Crippen molar-refractivity contribution in [3.63, 3.8) is 0 Å². The molecule has 13 heavy (non-hydrogen) atoms. The minimum Gasteiger partial charge on any atom is -0.385 e. The molecule has 0 saturated carbocycles. The molecular formula is C11H14FN. The topological polar surface area (TPSA) is 12.0 Å². The molecule has 0 aliphatic carbocycles. The van der Waals surface area contributed by atoms with E-state index in [1.165, 1.54) is 6.07 Å². The summed E-state index contributed by atoms with van der Waals surface area (Å²) in [5.74, 6) is 0.410. The molecule has 1 nitrogen and oxygen atoms in total. The minimum atomic E-state index is -0.124. The fourth-order valence-corrected chi connectivity index (χ4v) is 1.99. The number of hydrogen-bond acceptors (Lipinski definition) is 1. The molecule has 2 heteroatoms. The Morgan fingerprint density at radius 3 is 3.15 bits per heavy atom. The van der Waals surface area contributed by atoms with Gasteiger partial charge in [-0.1, -0.05) is 6.92 Å².